The van der Waals surface area contributed by atoms with Crippen molar-refractivity contribution in [2.45, 2.75) is 19.4 Å². The van der Waals surface area contributed by atoms with E-state index >= 15 is 0 Å². The number of nitrogens with one attached hydrogen (secondary N) is 1. The Morgan fingerprint density at radius 1 is 1.77 bits per heavy atom. The Labute approximate surface area is 81.9 Å². The summed E-state index contributed by atoms with van der Waals surface area (Å²) in [5, 5.41) is 5.14. The molecule has 3 N–H and O–H groups in total. The molecule has 1 rings (SSSR count). The van der Waals surface area contributed by atoms with Gasteiger partial charge in [0, 0.05) is 10.9 Å². The standard InChI is InChI=1S/C9H14N2OS/c1-2-7(11-6-9(10)12)8-4-3-5-13-8/h3-5,7,11H,2,6H2,1H3,(H2,10,12). The van der Waals surface area contributed by atoms with E-state index in [1.54, 1.807) is 11.3 Å². The van der Waals surface area contributed by atoms with Crippen LogP contribution in [-0.2, 0) is 4.79 Å². The number of thiophene rings is 1. The highest BCUT2D eigenvalue weighted by molar-refractivity contribution is 7.10. The third-order valence-electron chi connectivity index (χ3n) is 1.82. The normalized spacial score (nSPS) is 12.7. The van der Waals surface area contributed by atoms with Gasteiger partial charge in [0.15, 0.2) is 0 Å². The smallest absolute Gasteiger partial charge is 0.231 e. The lowest BCUT2D eigenvalue weighted by molar-refractivity contribution is -0.117. The first kappa shape index (κ1) is 10.2. The van der Waals surface area contributed by atoms with Crippen LogP contribution in [0, 0.1) is 0 Å². The zero-order valence-corrected chi connectivity index (χ0v) is 8.43. The Balaban J connectivity index is 2.49. The minimum Gasteiger partial charge on any atom is -0.369 e. The van der Waals surface area contributed by atoms with Crippen molar-refractivity contribution >= 4 is 17.2 Å². The lowest BCUT2D eigenvalue weighted by Crippen LogP contribution is -2.31. The van der Waals surface area contributed by atoms with E-state index in [2.05, 4.69) is 18.3 Å². The van der Waals surface area contributed by atoms with Crippen LogP contribution in [0.15, 0.2) is 17.5 Å². The van der Waals surface area contributed by atoms with E-state index in [9.17, 15) is 4.79 Å². The highest BCUT2D eigenvalue weighted by Gasteiger charge is 2.09. The minimum absolute atomic E-state index is 0.246. The number of nitrogens with two attached hydrogens (primary N) is 1. The first-order valence-corrected chi connectivity index (χ1v) is 5.17. The summed E-state index contributed by atoms with van der Waals surface area (Å²) in [5.74, 6) is -0.310. The first-order chi connectivity index (χ1) is 6.24. The van der Waals surface area contributed by atoms with Crippen molar-refractivity contribution in [1.82, 2.24) is 5.32 Å². The summed E-state index contributed by atoms with van der Waals surface area (Å²) in [6.07, 6.45) is 0.966. The number of rotatable bonds is 5. The van der Waals surface area contributed by atoms with Gasteiger partial charge in [0.2, 0.25) is 5.91 Å². The molecular formula is C9H14N2OS. The summed E-state index contributed by atoms with van der Waals surface area (Å²) in [6.45, 7) is 2.33. The summed E-state index contributed by atoms with van der Waals surface area (Å²) in [7, 11) is 0. The second kappa shape index (κ2) is 4.99. The van der Waals surface area contributed by atoms with Crippen molar-refractivity contribution in [2.75, 3.05) is 6.54 Å². The Morgan fingerprint density at radius 3 is 3.00 bits per heavy atom. The van der Waals surface area contributed by atoms with E-state index in [1.165, 1.54) is 4.88 Å². The van der Waals surface area contributed by atoms with Crippen molar-refractivity contribution < 1.29 is 4.79 Å². The van der Waals surface area contributed by atoms with Crippen molar-refractivity contribution in [3.8, 4) is 0 Å². The molecule has 0 radical (unpaired) electrons. The van der Waals surface area contributed by atoms with Crippen LogP contribution < -0.4 is 11.1 Å². The molecule has 0 aromatic carbocycles. The average Bonchev–Trinajstić information content (AvgIpc) is 2.58. The molecule has 1 atom stereocenters. The van der Waals surface area contributed by atoms with Gasteiger partial charge in [-0.15, -0.1) is 11.3 Å². The minimum atomic E-state index is -0.310. The van der Waals surface area contributed by atoms with E-state index in [1.807, 2.05) is 11.4 Å². The molecule has 0 aliphatic heterocycles. The Hall–Kier alpha value is -0.870. The molecule has 0 saturated heterocycles. The average molecular weight is 198 g/mol. The molecule has 1 heterocycles. The molecule has 1 aromatic heterocycles. The molecule has 0 aliphatic carbocycles. The number of hydrogen-bond donors (Lipinski definition) is 2. The van der Waals surface area contributed by atoms with Crippen LogP contribution in [0.25, 0.3) is 0 Å². The third-order valence-corrected chi connectivity index (χ3v) is 2.80. The molecule has 0 fully saturated rings. The van der Waals surface area contributed by atoms with E-state index in [4.69, 9.17) is 5.73 Å². The van der Waals surface area contributed by atoms with Crippen molar-refractivity contribution in [2.24, 2.45) is 5.73 Å². The SMILES string of the molecule is CCC(NCC(N)=O)c1cccs1. The van der Waals surface area contributed by atoms with Gasteiger partial charge in [0.25, 0.3) is 0 Å². The topological polar surface area (TPSA) is 55.1 Å². The van der Waals surface area contributed by atoms with Crippen LogP contribution in [0.2, 0.25) is 0 Å². The lowest BCUT2D eigenvalue weighted by atomic mass is 10.2. The van der Waals surface area contributed by atoms with Gasteiger partial charge in [0.05, 0.1) is 6.54 Å². The van der Waals surface area contributed by atoms with Crippen molar-refractivity contribution in [3.05, 3.63) is 22.4 Å². The zero-order valence-electron chi connectivity index (χ0n) is 7.62. The Morgan fingerprint density at radius 2 is 2.54 bits per heavy atom. The number of amides is 1. The fraction of sp³-hybridized carbons (Fsp3) is 0.444. The summed E-state index contributed by atoms with van der Waals surface area (Å²) >= 11 is 1.69. The zero-order chi connectivity index (χ0) is 9.68. The quantitative estimate of drug-likeness (QED) is 0.748. The Bertz CT molecular complexity index is 259. The first-order valence-electron chi connectivity index (χ1n) is 4.29. The van der Waals surface area contributed by atoms with Gasteiger partial charge < -0.3 is 11.1 Å². The molecule has 0 saturated carbocycles. The maximum Gasteiger partial charge on any atom is 0.231 e. The molecule has 1 unspecified atom stereocenters. The highest BCUT2D eigenvalue weighted by Crippen LogP contribution is 2.20. The molecule has 3 nitrogen and oxygen atoms in total. The molecule has 1 amide bonds. The summed E-state index contributed by atoms with van der Waals surface area (Å²) in [4.78, 5) is 11.8. The second-order valence-corrected chi connectivity index (χ2v) is 3.80. The number of carbonyl (C=O) groups excluding carboxylic acids is 1. The lowest BCUT2D eigenvalue weighted by Gasteiger charge is -2.13. The van der Waals surface area contributed by atoms with Gasteiger partial charge in [-0.1, -0.05) is 13.0 Å². The van der Waals surface area contributed by atoms with E-state index in [0.29, 0.717) is 0 Å². The van der Waals surface area contributed by atoms with Gasteiger partial charge in [-0.3, -0.25) is 4.79 Å². The van der Waals surface area contributed by atoms with Crippen LogP contribution >= 0.6 is 11.3 Å². The number of carbonyl (C=O) groups is 1. The Kier molecular flexibility index (Phi) is 3.92. The maximum absolute atomic E-state index is 10.6. The predicted molar refractivity (Wildman–Crippen MR) is 54.5 cm³/mol. The fourth-order valence-electron chi connectivity index (χ4n) is 1.16. The number of primary amides is 1. The van der Waals surface area contributed by atoms with E-state index in [0.717, 1.165) is 6.42 Å². The largest absolute Gasteiger partial charge is 0.369 e. The molecule has 4 heteroatoms. The van der Waals surface area contributed by atoms with Crippen LogP contribution in [-0.4, -0.2) is 12.5 Å². The van der Waals surface area contributed by atoms with Gasteiger partial charge in [-0.2, -0.15) is 0 Å². The monoisotopic (exact) mass is 198 g/mol. The van der Waals surface area contributed by atoms with Crippen LogP contribution in [0.3, 0.4) is 0 Å². The van der Waals surface area contributed by atoms with E-state index < -0.39 is 0 Å². The predicted octanol–water partition coefficient (Wildman–Crippen LogP) is 1.27. The molecular weight excluding hydrogens is 184 g/mol. The van der Waals surface area contributed by atoms with Crippen molar-refractivity contribution in [3.63, 3.8) is 0 Å². The van der Waals surface area contributed by atoms with Gasteiger partial charge >= 0.3 is 0 Å². The van der Waals surface area contributed by atoms with Gasteiger partial charge in [0.1, 0.15) is 0 Å². The van der Waals surface area contributed by atoms with Gasteiger partial charge in [-0.25, -0.2) is 0 Å². The van der Waals surface area contributed by atoms with Crippen LogP contribution in [0.5, 0.6) is 0 Å². The van der Waals surface area contributed by atoms with Crippen molar-refractivity contribution in [1.29, 1.82) is 0 Å². The molecule has 0 spiro atoms. The van der Waals surface area contributed by atoms with Gasteiger partial charge in [-0.05, 0) is 17.9 Å². The van der Waals surface area contributed by atoms with Crippen LogP contribution in [0.4, 0.5) is 0 Å². The van der Waals surface area contributed by atoms with E-state index in [-0.39, 0.29) is 18.5 Å². The highest BCUT2D eigenvalue weighted by atomic mass is 32.1. The second-order valence-electron chi connectivity index (χ2n) is 2.82. The molecule has 72 valence electrons. The molecule has 13 heavy (non-hydrogen) atoms. The molecule has 0 bridgehead atoms. The summed E-state index contributed by atoms with van der Waals surface area (Å²) < 4.78 is 0. The fourth-order valence-corrected chi connectivity index (χ4v) is 2.05. The molecule has 1 aromatic rings. The molecule has 0 aliphatic rings. The maximum atomic E-state index is 10.6. The third kappa shape index (κ3) is 3.16. The summed E-state index contributed by atoms with van der Waals surface area (Å²) in [5.41, 5.74) is 5.05. The summed E-state index contributed by atoms with van der Waals surface area (Å²) in [6, 6.07) is 4.33. The van der Waals surface area contributed by atoms with Crippen LogP contribution in [0.1, 0.15) is 24.3 Å². The number of hydrogen-bond acceptors (Lipinski definition) is 3.